The molecule has 2 atom stereocenters. The van der Waals surface area contributed by atoms with E-state index in [1.54, 1.807) is 0 Å². The van der Waals surface area contributed by atoms with Gasteiger partial charge in [-0.05, 0) is 31.9 Å². The lowest BCUT2D eigenvalue weighted by molar-refractivity contribution is 0.238. The Hall–Kier alpha value is -1.06. The van der Waals surface area contributed by atoms with Crippen LogP contribution < -0.4 is 10.6 Å². The quantitative estimate of drug-likeness (QED) is 0.780. The van der Waals surface area contributed by atoms with E-state index in [1.807, 2.05) is 12.1 Å². The van der Waals surface area contributed by atoms with Gasteiger partial charge in [-0.2, -0.15) is 0 Å². The molecule has 0 bridgehead atoms. The molecule has 102 valence electrons. The van der Waals surface area contributed by atoms with Gasteiger partial charge in [0.1, 0.15) is 0 Å². The number of hydrogen-bond acceptors (Lipinski definition) is 3. The van der Waals surface area contributed by atoms with Gasteiger partial charge in [-0.15, -0.1) is 0 Å². The fraction of sp³-hybridized carbons (Fsp3) is 0.600. The summed E-state index contributed by atoms with van der Waals surface area (Å²) in [6.45, 7) is 7.28. The van der Waals surface area contributed by atoms with Gasteiger partial charge in [-0.1, -0.05) is 31.5 Å². The van der Waals surface area contributed by atoms with E-state index in [2.05, 4.69) is 37.8 Å². The number of benzene rings is 1. The predicted molar refractivity (Wildman–Crippen MR) is 78.0 cm³/mol. The Labute approximate surface area is 111 Å². The van der Waals surface area contributed by atoms with Crippen LogP contribution >= 0.6 is 0 Å². The first-order chi connectivity index (χ1) is 8.65. The Morgan fingerprint density at radius 3 is 2.44 bits per heavy atom. The maximum Gasteiger partial charge on any atom is 0.0671 e. The number of aliphatic hydroxyl groups is 1. The normalized spacial score (nSPS) is 14.3. The van der Waals surface area contributed by atoms with Crippen LogP contribution in [0.3, 0.4) is 0 Å². The van der Waals surface area contributed by atoms with Crippen molar-refractivity contribution in [1.82, 2.24) is 0 Å². The van der Waals surface area contributed by atoms with Crippen molar-refractivity contribution >= 4 is 5.69 Å². The van der Waals surface area contributed by atoms with Crippen LogP contribution in [0.25, 0.3) is 0 Å². The van der Waals surface area contributed by atoms with Gasteiger partial charge in [-0.25, -0.2) is 0 Å². The number of aryl methyl sites for hydroxylation is 1. The van der Waals surface area contributed by atoms with Gasteiger partial charge in [0.2, 0.25) is 0 Å². The Morgan fingerprint density at radius 1 is 1.28 bits per heavy atom. The largest absolute Gasteiger partial charge is 0.394 e. The highest BCUT2D eigenvalue weighted by Gasteiger charge is 2.23. The van der Waals surface area contributed by atoms with Crippen molar-refractivity contribution in [3.8, 4) is 0 Å². The van der Waals surface area contributed by atoms with Gasteiger partial charge >= 0.3 is 0 Å². The molecule has 1 aromatic rings. The van der Waals surface area contributed by atoms with Gasteiger partial charge in [0.05, 0.1) is 12.6 Å². The molecule has 18 heavy (non-hydrogen) atoms. The summed E-state index contributed by atoms with van der Waals surface area (Å²) in [5.41, 5.74) is 8.60. The maximum atomic E-state index is 9.66. The molecule has 0 aromatic heterocycles. The number of likely N-dealkylation sites (N-methyl/N-ethyl adjacent to an activating group) is 1. The molecule has 0 heterocycles. The molecule has 0 amide bonds. The Balaban J connectivity index is 2.96. The second kappa shape index (κ2) is 7.39. The minimum absolute atomic E-state index is 0.00366. The summed E-state index contributed by atoms with van der Waals surface area (Å²) in [5, 5.41) is 9.66. The van der Waals surface area contributed by atoms with Crippen LogP contribution in [0.1, 0.15) is 32.3 Å². The number of nitrogens with two attached hydrogens (primary N) is 1. The first kappa shape index (κ1) is 15.0. The minimum atomic E-state index is -0.00366. The van der Waals surface area contributed by atoms with Crippen LogP contribution in [0.4, 0.5) is 5.69 Å². The number of anilines is 1. The lowest BCUT2D eigenvalue weighted by Gasteiger charge is -2.36. The van der Waals surface area contributed by atoms with Gasteiger partial charge in [0, 0.05) is 18.3 Å². The van der Waals surface area contributed by atoms with Crippen molar-refractivity contribution in [2.24, 2.45) is 5.73 Å². The first-order valence-electron chi connectivity index (χ1n) is 6.84. The summed E-state index contributed by atoms with van der Waals surface area (Å²) in [4.78, 5) is 2.22. The van der Waals surface area contributed by atoms with Crippen molar-refractivity contribution in [3.63, 3.8) is 0 Å². The smallest absolute Gasteiger partial charge is 0.0671 e. The number of aliphatic hydroxyl groups excluding tert-OH is 1. The highest BCUT2D eigenvalue weighted by Crippen LogP contribution is 2.23. The predicted octanol–water partition coefficient (Wildman–Crippen LogP) is 2.31. The van der Waals surface area contributed by atoms with Crippen molar-refractivity contribution in [1.29, 1.82) is 0 Å². The molecule has 0 radical (unpaired) electrons. The molecular weight excluding hydrogens is 224 g/mol. The zero-order valence-electron chi connectivity index (χ0n) is 11.8. The SMILES string of the molecule is CCCC(N)C(CO)N(CC)c1ccccc1C. The lowest BCUT2D eigenvalue weighted by atomic mass is 10.0. The van der Waals surface area contributed by atoms with E-state index in [9.17, 15) is 5.11 Å². The number of rotatable bonds is 7. The Kier molecular flexibility index (Phi) is 6.16. The molecule has 0 saturated carbocycles. The van der Waals surface area contributed by atoms with E-state index in [4.69, 9.17) is 5.73 Å². The zero-order valence-corrected chi connectivity index (χ0v) is 11.8. The molecule has 3 heteroatoms. The highest BCUT2D eigenvalue weighted by molar-refractivity contribution is 5.54. The monoisotopic (exact) mass is 250 g/mol. The lowest BCUT2D eigenvalue weighted by Crippen LogP contribution is -2.50. The minimum Gasteiger partial charge on any atom is -0.394 e. The zero-order chi connectivity index (χ0) is 13.5. The Bertz CT molecular complexity index is 354. The average Bonchev–Trinajstić information content (AvgIpc) is 2.37. The van der Waals surface area contributed by atoms with E-state index < -0.39 is 0 Å². The van der Waals surface area contributed by atoms with E-state index in [1.165, 1.54) is 11.3 Å². The van der Waals surface area contributed by atoms with Crippen LogP contribution in [0.15, 0.2) is 24.3 Å². The van der Waals surface area contributed by atoms with Gasteiger partial charge < -0.3 is 15.7 Å². The average molecular weight is 250 g/mol. The molecule has 1 aromatic carbocycles. The molecule has 0 aliphatic carbocycles. The molecule has 3 N–H and O–H groups in total. The third-order valence-corrected chi connectivity index (χ3v) is 3.47. The van der Waals surface area contributed by atoms with Crippen molar-refractivity contribution < 1.29 is 5.11 Å². The summed E-state index contributed by atoms with van der Waals surface area (Å²) in [6, 6.07) is 8.27. The van der Waals surface area contributed by atoms with Gasteiger partial charge in [-0.3, -0.25) is 0 Å². The summed E-state index contributed by atoms with van der Waals surface area (Å²) in [6.07, 6.45) is 1.98. The van der Waals surface area contributed by atoms with E-state index in [-0.39, 0.29) is 18.7 Å². The highest BCUT2D eigenvalue weighted by atomic mass is 16.3. The molecule has 0 spiro atoms. The maximum absolute atomic E-state index is 9.66. The van der Waals surface area contributed by atoms with Crippen LogP contribution in [-0.4, -0.2) is 30.3 Å². The van der Waals surface area contributed by atoms with E-state index >= 15 is 0 Å². The standard InChI is InChI=1S/C15H26N2O/c1-4-8-13(16)15(11-18)17(5-2)14-10-7-6-9-12(14)3/h6-7,9-10,13,15,18H,4-5,8,11,16H2,1-3H3. The summed E-state index contributed by atoms with van der Waals surface area (Å²) >= 11 is 0. The van der Waals surface area contributed by atoms with Gasteiger partial charge in [0.25, 0.3) is 0 Å². The molecule has 0 fully saturated rings. The molecule has 3 nitrogen and oxygen atoms in total. The van der Waals surface area contributed by atoms with E-state index in [0.717, 1.165) is 19.4 Å². The molecule has 0 aliphatic heterocycles. The number of nitrogens with zero attached hydrogens (tertiary/aromatic N) is 1. The van der Waals surface area contributed by atoms with E-state index in [0.29, 0.717) is 0 Å². The van der Waals surface area contributed by atoms with Crippen molar-refractivity contribution in [2.75, 3.05) is 18.1 Å². The molecule has 0 saturated heterocycles. The fourth-order valence-electron chi connectivity index (χ4n) is 2.46. The second-order valence-corrected chi connectivity index (χ2v) is 4.77. The van der Waals surface area contributed by atoms with Crippen LogP contribution in [0.5, 0.6) is 0 Å². The number of hydrogen-bond donors (Lipinski definition) is 2. The summed E-state index contributed by atoms with van der Waals surface area (Å²) in [7, 11) is 0. The van der Waals surface area contributed by atoms with Crippen molar-refractivity contribution in [3.05, 3.63) is 29.8 Å². The topological polar surface area (TPSA) is 49.5 Å². The summed E-state index contributed by atoms with van der Waals surface area (Å²) in [5.74, 6) is 0. The third-order valence-electron chi connectivity index (χ3n) is 3.47. The first-order valence-corrected chi connectivity index (χ1v) is 6.84. The van der Waals surface area contributed by atoms with Gasteiger partial charge in [0.15, 0.2) is 0 Å². The fourth-order valence-corrected chi connectivity index (χ4v) is 2.46. The molecule has 0 aliphatic rings. The Morgan fingerprint density at radius 2 is 1.94 bits per heavy atom. The number of para-hydroxylation sites is 1. The van der Waals surface area contributed by atoms with Crippen LogP contribution in [0, 0.1) is 6.92 Å². The molecule has 1 rings (SSSR count). The van der Waals surface area contributed by atoms with Crippen LogP contribution in [-0.2, 0) is 0 Å². The molecule has 2 unspecified atom stereocenters. The van der Waals surface area contributed by atoms with Crippen molar-refractivity contribution in [2.45, 2.75) is 45.7 Å². The third kappa shape index (κ3) is 3.47. The second-order valence-electron chi connectivity index (χ2n) is 4.77. The molecular formula is C15H26N2O. The van der Waals surface area contributed by atoms with Crippen LogP contribution in [0.2, 0.25) is 0 Å². The summed E-state index contributed by atoms with van der Waals surface area (Å²) < 4.78 is 0.